The van der Waals surface area contributed by atoms with Gasteiger partial charge < -0.3 is 4.84 Å². The third-order valence-corrected chi connectivity index (χ3v) is 2.26. The number of hydrogen-bond acceptors (Lipinski definition) is 2. The molecular weight excluding hydrogens is 223 g/mol. The van der Waals surface area contributed by atoms with Gasteiger partial charge in [0.15, 0.2) is 5.75 Å². The first-order valence-electron chi connectivity index (χ1n) is 3.81. The lowest BCUT2D eigenvalue weighted by atomic mass is 10.3. The first-order chi connectivity index (χ1) is 6.75. The van der Waals surface area contributed by atoms with Gasteiger partial charge in [0.2, 0.25) is 0 Å². The molecule has 1 aromatic carbocycles. The maximum Gasteiger partial charge on any atom is 0.159 e. The van der Waals surface area contributed by atoms with Crippen LogP contribution in [0.1, 0.15) is 0 Å². The summed E-state index contributed by atoms with van der Waals surface area (Å²) in [6.07, 6.45) is 4.23. The Morgan fingerprint density at radius 3 is 2.79 bits per heavy atom. The normalized spacial score (nSPS) is 10.1. The number of halogens is 2. The third kappa shape index (κ3) is 2.00. The molecule has 1 heterocycles. The smallest absolute Gasteiger partial charge is 0.159 e. The number of rotatable bonds is 2. The monoisotopic (exact) mass is 227 g/mol. The first kappa shape index (κ1) is 9.37. The van der Waals surface area contributed by atoms with Gasteiger partial charge in [0.05, 0.1) is 16.2 Å². The van der Waals surface area contributed by atoms with Crippen LogP contribution in [0.25, 0.3) is 0 Å². The minimum absolute atomic E-state index is 0.445. The number of aromatic nitrogens is 2. The first-order valence-corrected chi connectivity index (χ1v) is 4.56. The lowest BCUT2D eigenvalue weighted by molar-refractivity contribution is 0.178. The van der Waals surface area contributed by atoms with Crippen molar-refractivity contribution in [3.05, 3.63) is 46.7 Å². The van der Waals surface area contributed by atoms with E-state index in [-0.39, 0.29) is 0 Å². The van der Waals surface area contributed by atoms with Gasteiger partial charge in [-0.15, -0.1) is 5.10 Å². The summed E-state index contributed by atoms with van der Waals surface area (Å²) in [6.45, 7) is 0. The van der Waals surface area contributed by atoms with E-state index in [1.165, 1.54) is 4.85 Å². The molecular formula is C9H5Cl2N2O. The highest BCUT2D eigenvalue weighted by molar-refractivity contribution is 6.42. The van der Waals surface area contributed by atoms with Gasteiger partial charge in [-0.05, 0) is 18.2 Å². The average molecular weight is 228 g/mol. The van der Waals surface area contributed by atoms with Crippen molar-refractivity contribution in [1.29, 1.82) is 0 Å². The van der Waals surface area contributed by atoms with E-state index in [9.17, 15) is 0 Å². The van der Waals surface area contributed by atoms with Gasteiger partial charge in [0.1, 0.15) is 6.20 Å². The van der Waals surface area contributed by atoms with Gasteiger partial charge in [-0.25, -0.2) is 0 Å². The summed E-state index contributed by atoms with van der Waals surface area (Å²) in [5.41, 5.74) is 0. The Kier molecular flexibility index (Phi) is 2.61. The molecule has 0 aliphatic rings. The lowest BCUT2D eigenvalue weighted by Gasteiger charge is -2.04. The Bertz CT molecular complexity index is 428. The Balaban J connectivity index is 2.22. The number of benzene rings is 1. The highest BCUT2D eigenvalue weighted by Gasteiger charge is 2.01. The molecule has 0 aliphatic carbocycles. The Labute approximate surface area is 90.8 Å². The van der Waals surface area contributed by atoms with Crippen molar-refractivity contribution >= 4 is 23.2 Å². The maximum atomic E-state index is 5.80. The maximum absolute atomic E-state index is 5.80. The molecule has 1 radical (unpaired) electrons. The van der Waals surface area contributed by atoms with Gasteiger partial charge in [-0.2, -0.15) is 0 Å². The molecule has 0 saturated carbocycles. The van der Waals surface area contributed by atoms with Gasteiger partial charge in [-0.3, -0.25) is 0 Å². The second kappa shape index (κ2) is 3.90. The minimum Gasteiger partial charge on any atom is -0.358 e. The molecule has 3 nitrogen and oxygen atoms in total. The van der Waals surface area contributed by atoms with Crippen LogP contribution in [0.4, 0.5) is 0 Å². The summed E-state index contributed by atoms with van der Waals surface area (Å²) in [4.78, 5) is 6.56. The summed E-state index contributed by atoms with van der Waals surface area (Å²) in [6, 6.07) is 6.62. The van der Waals surface area contributed by atoms with Crippen molar-refractivity contribution in [3.63, 3.8) is 0 Å². The fourth-order valence-electron chi connectivity index (χ4n) is 0.913. The molecule has 0 N–H and O–H groups in total. The SMILES string of the molecule is Clc1ccc(On2cc[c]n2)cc1Cl. The molecule has 0 aliphatic heterocycles. The van der Waals surface area contributed by atoms with E-state index in [1.54, 1.807) is 30.5 Å². The van der Waals surface area contributed by atoms with E-state index < -0.39 is 0 Å². The molecule has 5 heteroatoms. The van der Waals surface area contributed by atoms with Crippen molar-refractivity contribution in [1.82, 2.24) is 9.94 Å². The predicted octanol–water partition coefficient (Wildman–Crippen LogP) is 2.83. The largest absolute Gasteiger partial charge is 0.358 e. The molecule has 0 saturated heterocycles. The summed E-state index contributed by atoms with van der Waals surface area (Å²) in [5.74, 6) is 0.566. The van der Waals surface area contributed by atoms with Crippen LogP contribution in [0.2, 0.25) is 10.0 Å². The van der Waals surface area contributed by atoms with Crippen molar-refractivity contribution in [3.8, 4) is 5.75 Å². The van der Waals surface area contributed by atoms with E-state index in [1.807, 2.05) is 0 Å². The zero-order chi connectivity index (χ0) is 9.97. The summed E-state index contributed by atoms with van der Waals surface area (Å²) >= 11 is 11.6. The van der Waals surface area contributed by atoms with Crippen LogP contribution >= 0.6 is 23.2 Å². The molecule has 2 rings (SSSR count). The Morgan fingerprint density at radius 2 is 2.14 bits per heavy atom. The fraction of sp³-hybridized carbons (Fsp3) is 0. The van der Waals surface area contributed by atoms with Crippen LogP contribution in [0, 0.1) is 6.20 Å². The van der Waals surface area contributed by atoms with Crippen molar-refractivity contribution in [2.45, 2.75) is 0 Å². The quantitative estimate of drug-likeness (QED) is 0.790. The second-order valence-corrected chi connectivity index (χ2v) is 3.33. The van der Waals surface area contributed by atoms with Gasteiger partial charge in [0.25, 0.3) is 0 Å². The van der Waals surface area contributed by atoms with Gasteiger partial charge >= 0.3 is 0 Å². The van der Waals surface area contributed by atoms with E-state index in [0.717, 1.165) is 0 Å². The molecule has 0 bridgehead atoms. The highest BCUT2D eigenvalue weighted by Crippen LogP contribution is 2.26. The van der Waals surface area contributed by atoms with Crippen molar-refractivity contribution in [2.24, 2.45) is 0 Å². The van der Waals surface area contributed by atoms with Gasteiger partial charge in [0, 0.05) is 6.07 Å². The van der Waals surface area contributed by atoms with Crippen LogP contribution in [-0.2, 0) is 0 Å². The predicted molar refractivity (Wildman–Crippen MR) is 53.6 cm³/mol. The zero-order valence-electron chi connectivity index (χ0n) is 6.95. The Morgan fingerprint density at radius 1 is 1.29 bits per heavy atom. The topological polar surface area (TPSA) is 27.1 Å². The zero-order valence-corrected chi connectivity index (χ0v) is 8.46. The molecule has 71 valence electrons. The van der Waals surface area contributed by atoms with E-state index in [4.69, 9.17) is 28.0 Å². The molecule has 0 unspecified atom stereocenters. The van der Waals surface area contributed by atoms with Crippen molar-refractivity contribution in [2.75, 3.05) is 0 Å². The molecule has 0 atom stereocenters. The van der Waals surface area contributed by atoms with Crippen LogP contribution < -0.4 is 4.84 Å². The van der Waals surface area contributed by atoms with Gasteiger partial charge in [-0.1, -0.05) is 28.0 Å². The lowest BCUT2D eigenvalue weighted by Crippen LogP contribution is -2.04. The summed E-state index contributed by atoms with van der Waals surface area (Å²) in [5, 5.41) is 4.69. The van der Waals surface area contributed by atoms with Crippen LogP contribution in [0.3, 0.4) is 0 Å². The van der Waals surface area contributed by atoms with E-state index in [2.05, 4.69) is 11.3 Å². The fourth-order valence-corrected chi connectivity index (χ4v) is 1.20. The second-order valence-electron chi connectivity index (χ2n) is 2.51. The van der Waals surface area contributed by atoms with Crippen molar-refractivity contribution < 1.29 is 4.84 Å². The molecule has 0 amide bonds. The molecule has 0 fully saturated rings. The molecule has 14 heavy (non-hydrogen) atoms. The summed E-state index contributed by atoms with van der Waals surface area (Å²) in [7, 11) is 0. The molecule has 2 aromatic rings. The molecule has 0 spiro atoms. The number of nitrogens with zero attached hydrogens (tertiary/aromatic N) is 2. The number of hydrogen-bond donors (Lipinski definition) is 0. The van der Waals surface area contributed by atoms with E-state index >= 15 is 0 Å². The third-order valence-electron chi connectivity index (χ3n) is 1.52. The summed E-state index contributed by atoms with van der Waals surface area (Å²) < 4.78 is 0. The average Bonchev–Trinajstić information content (AvgIpc) is 2.64. The highest BCUT2D eigenvalue weighted by atomic mass is 35.5. The van der Waals surface area contributed by atoms with Crippen LogP contribution in [0.15, 0.2) is 30.5 Å². The Hall–Kier alpha value is -1.19. The van der Waals surface area contributed by atoms with Crippen LogP contribution in [0.5, 0.6) is 5.75 Å². The minimum atomic E-state index is 0.445. The van der Waals surface area contributed by atoms with E-state index in [0.29, 0.717) is 15.8 Å². The standard InChI is InChI=1S/C9H5Cl2N2O/c10-8-3-2-7(6-9(8)11)14-13-5-1-4-12-13/h1-3,5-6H. The molecule has 1 aromatic heterocycles. The van der Waals surface area contributed by atoms with Crippen LogP contribution in [-0.4, -0.2) is 9.94 Å².